The molecular formula is C59H54N6O9. The van der Waals surface area contributed by atoms with E-state index in [1.807, 2.05) is 103 Å². The number of carboxylic acids is 2. The van der Waals surface area contributed by atoms with Crippen LogP contribution in [-0.2, 0) is 38.7 Å². The fraction of sp³-hybridized carbons (Fsp3) is 0.203. The number of primary amides is 3. The number of anilines is 1. The van der Waals surface area contributed by atoms with Gasteiger partial charge in [-0.15, -0.1) is 0 Å². The summed E-state index contributed by atoms with van der Waals surface area (Å²) in [4.78, 5) is 83.6. The Morgan fingerprint density at radius 3 is 1.74 bits per heavy atom. The lowest BCUT2D eigenvalue weighted by Crippen LogP contribution is -2.30. The van der Waals surface area contributed by atoms with Crippen LogP contribution < -0.4 is 22.5 Å². The quantitative estimate of drug-likeness (QED) is 0.0532. The lowest BCUT2D eigenvalue weighted by atomic mass is 9.81. The Bertz CT molecular complexity index is 3650. The van der Waals surface area contributed by atoms with Crippen molar-refractivity contribution < 1.29 is 43.8 Å². The first kappa shape index (κ1) is 49.9. The molecule has 9 N–H and O–H groups in total. The summed E-state index contributed by atoms with van der Waals surface area (Å²) in [5, 5.41) is 23.6. The van der Waals surface area contributed by atoms with Gasteiger partial charge in [-0.05, 0) is 110 Å². The van der Waals surface area contributed by atoms with Crippen LogP contribution in [0.25, 0.3) is 32.7 Å². The molecule has 0 saturated heterocycles. The van der Waals surface area contributed by atoms with Gasteiger partial charge in [-0.2, -0.15) is 0 Å². The number of carbonyl (C=O) groups excluding carboxylic acids is 5. The summed E-state index contributed by atoms with van der Waals surface area (Å²) >= 11 is 0. The number of fused-ring (bicyclic) bond motifs is 9. The number of aromatic nitrogens is 2. The Labute approximate surface area is 425 Å². The van der Waals surface area contributed by atoms with Crippen molar-refractivity contribution in [3.8, 4) is 0 Å². The molecule has 11 rings (SSSR count). The number of allylic oxidation sites excluding steroid dienone is 1. The summed E-state index contributed by atoms with van der Waals surface area (Å²) in [6.07, 6.45) is 6.15. The minimum absolute atomic E-state index is 0.0450. The van der Waals surface area contributed by atoms with Gasteiger partial charge in [0.15, 0.2) is 0 Å². The topological polar surface area (TPSA) is 260 Å². The molecule has 0 bridgehead atoms. The number of amides is 3. The van der Waals surface area contributed by atoms with Gasteiger partial charge >= 0.3 is 11.9 Å². The first-order chi connectivity index (χ1) is 35.6. The Hall–Kier alpha value is -9.11. The molecule has 3 unspecified atom stereocenters. The maximum atomic E-state index is 12.5. The Morgan fingerprint density at radius 2 is 1.16 bits per heavy atom. The van der Waals surface area contributed by atoms with Crippen molar-refractivity contribution in [3.05, 3.63) is 195 Å². The number of para-hydroxylation sites is 1. The molecule has 3 amide bonds. The molecule has 2 aliphatic carbocycles. The van der Waals surface area contributed by atoms with E-state index in [9.17, 15) is 43.8 Å². The van der Waals surface area contributed by atoms with Crippen LogP contribution in [0, 0.1) is 13.8 Å². The number of aryl methyl sites for hydroxylation is 2. The molecule has 15 nitrogen and oxygen atoms in total. The predicted molar refractivity (Wildman–Crippen MR) is 282 cm³/mol. The molecule has 6 aromatic carbocycles. The molecule has 8 aromatic rings. The zero-order chi connectivity index (χ0) is 52.5. The van der Waals surface area contributed by atoms with E-state index in [1.54, 1.807) is 30.3 Å². The molecule has 0 saturated carbocycles. The van der Waals surface area contributed by atoms with Crippen molar-refractivity contribution in [1.29, 1.82) is 0 Å². The third-order valence-corrected chi connectivity index (χ3v) is 14.4. The normalized spacial score (nSPS) is 16.2. The van der Waals surface area contributed by atoms with Gasteiger partial charge in [-0.1, -0.05) is 103 Å². The van der Waals surface area contributed by atoms with Gasteiger partial charge in [0, 0.05) is 74.9 Å². The smallest absolute Gasteiger partial charge is 0.377 e. The number of nitrogens with two attached hydrogens (primary N) is 3. The van der Waals surface area contributed by atoms with Crippen LogP contribution in [0.2, 0.25) is 0 Å². The second kappa shape index (κ2) is 20.5. The lowest BCUT2D eigenvalue weighted by Gasteiger charge is -2.25. The molecule has 74 heavy (non-hydrogen) atoms. The number of Topliss-reactive ketones (excluding diaryl/α,β-unsaturated/α-hetero) is 2. The second-order valence-electron chi connectivity index (χ2n) is 18.9. The Balaban J connectivity index is 0.000000142. The highest BCUT2D eigenvalue weighted by Crippen LogP contribution is 2.45. The van der Waals surface area contributed by atoms with Crippen molar-refractivity contribution in [2.24, 2.45) is 17.2 Å². The maximum absolute atomic E-state index is 12.5. The molecule has 3 heterocycles. The fourth-order valence-corrected chi connectivity index (χ4v) is 11.2. The molecule has 2 aromatic heterocycles. The number of carboxylic acid groups (broad SMARTS) is 2. The van der Waals surface area contributed by atoms with Gasteiger partial charge in [-0.25, -0.2) is 9.59 Å². The highest BCUT2D eigenvalue weighted by atomic mass is 16.4. The van der Waals surface area contributed by atoms with E-state index in [2.05, 4.69) is 22.0 Å². The third-order valence-electron chi connectivity index (χ3n) is 14.4. The largest absolute Gasteiger partial charge is 0.475 e. The number of rotatable bonds is 11. The maximum Gasteiger partial charge on any atom is 0.377 e. The van der Waals surface area contributed by atoms with Gasteiger partial charge in [0.25, 0.3) is 11.6 Å². The first-order valence-corrected chi connectivity index (χ1v) is 24.3. The SMILES string of the molecule is Cc1ccc(C(=O)C(=O)O)c2c3c(C(N)=O)cccc3n(Cc3ccccc3)c12.Cc1ccc(C(=O)C(=O)O)c2c3c(n(Cc4ccccc4)c12)CCCC3C(N)=O.NC(=O)C1=CCCC2Nc3ccccc3C12. The number of benzene rings is 6. The van der Waals surface area contributed by atoms with E-state index >= 15 is 0 Å². The first-order valence-electron chi connectivity index (χ1n) is 24.3. The van der Waals surface area contributed by atoms with E-state index in [0.29, 0.717) is 52.7 Å². The standard InChI is InChI=1S/C23H22N2O4.C23H18N2O4.C13H14N2O/c2*1-13-10-11-15(21(26)23(28)29)19-18-16(22(24)27)8-5-9-17(18)25(20(13)19)12-14-6-3-2-4-7-14;14-13(16)9-5-3-7-11-12(9)8-4-1-2-6-10(8)15-11/h2-4,6-7,10-11,16H,5,8-9,12H2,1H3,(H2,24,27)(H,28,29);2-11H,12H2,1H3,(H2,24,27)(H,28,29);1-2,4-6,11-12,15H,3,7H2,(H2,14,16). The summed E-state index contributed by atoms with van der Waals surface area (Å²) in [6, 6.07) is 39.9. The summed E-state index contributed by atoms with van der Waals surface area (Å²) in [7, 11) is 0. The molecule has 374 valence electrons. The van der Waals surface area contributed by atoms with Crippen molar-refractivity contribution in [2.75, 3.05) is 5.32 Å². The number of carbonyl (C=O) groups is 7. The van der Waals surface area contributed by atoms with Crippen molar-refractivity contribution >= 4 is 79.6 Å². The second-order valence-corrected chi connectivity index (χ2v) is 18.9. The monoisotopic (exact) mass is 990 g/mol. The number of hydrogen-bond acceptors (Lipinski definition) is 8. The van der Waals surface area contributed by atoms with Crippen molar-refractivity contribution in [3.63, 3.8) is 0 Å². The van der Waals surface area contributed by atoms with Gasteiger partial charge in [0.05, 0.1) is 22.5 Å². The number of hydrogen-bond donors (Lipinski definition) is 6. The Morgan fingerprint density at radius 1 is 0.595 bits per heavy atom. The van der Waals surface area contributed by atoms with E-state index in [4.69, 9.17) is 17.2 Å². The van der Waals surface area contributed by atoms with Crippen LogP contribution in [0.15, 0.2) is 139 Å². The highest BCUT2D eigenvalue weighted by molar-refractivity contribution is 6.44. The molecule has 0 fully saturated rings. The highest BCUT2D eigenvalue weighted by Gasteiger charge is 2.38. The Kier molecular flexibility index (Phi) is 13.8. The minimum atomic E-state index is -1.55. The molecule has 0 spiro atoms. The number of aliphatic carboxylic acids is 2. The average Bonchev–Trinajstić information content (AvgIpc) is 4.06. The van der Waals surface area contributed by atoms with E-state index in [0.717, 1.165) is 76.0 Å². The van der Waals surface area contributed by atoms with E-state index in [1.165, 1.54) is 11.6 Å². The molecule has 1 aliphatic heterocycles. The molecular weight excluding hydrogens is 937 g/mol. The predicted octanol–water partition coefficient (Wildman–Crippen LogP) is 8.46. The van der Waals surface area contributed by atoms with E-state index in [-0.39, 0.29) is 28.5 Å². The number of ketones is 2. The summed E-state index contributed by atoms with van der Waals surface area (Å²) in [6.45, 7) is 4.89. The van der Waals surface area contributed by atoms with Crippen LogP contribution in [-0.4, -0.2) is 66.6 Å². The summed E-state index contributed by atoms with van der Waals surface area (Å²) < 4.78 is 4.13. The van der Waals surface area contributed by atoms with Crippen LogP contribution in [0.1, 0.15) is 108 Å². The fourth-order valence-electron chi connectivity index (χ4n) is 11.2. The zero-order valence-corrected chi connectivity index (χ0v) is 40.8. The molecule has 15 heteroatoms. The molecule has 3 aliphatic rings. The lowest BCUT2D eigenvalue weighted by molar-refractivity contribution is -0.132. The van der Waals surface area contributed by atoms with Crippen LogP contribution >= 0.6 is 0 Å². The van der Waals surface area contributed by atoms with Crippen molar-refractivity contribution in [2.45, 2.75) is 76.9 Å². The van der Waals surface area contributed by atoms with Crippen LogP contribution in [0.4, 0.5) is 5.69 Å². The third kappa shape index (κ3) is 9.19. The van der Waals surface area contributed by atoms with Crippen LogP contribution in [0.3, 0.4) is 0 Å². The minimum Gasteiger partial charge on any atom is -0.475 e. The van der Waals surface area contributed by atoms with Gasteiger partial charge in [-0.3, -0.25) is 24.0 Å². The summed E-state index contributed by atoms with van der Waals surface area (Å²) in [5.74, 6) is -6.78. The number of nitrogens with zero attached hydrogens (tertiary/aromatic N) is 2. The van der Waals surface area contributed by atoms with E-state index < -0.39 is 41.2 Å². The zero-order valence-electron chi connectivity index (χ0n) is 40.8. The van der Waals surface area contributed by atoms with Crippen LogP contribution in [0.5, 0.6) is 0 Å². The van der Waals surface area contributed by atoms with Gasteiger partial charge < -0.3 is 41.9 Å². The molecule has 3 atom stereocenters. The number of nitrogens with one attached hydrogen (secondary N) is 1. The van der Waals surface area contributed by atoms with Gasteiger partial charge in [0.2, 0.25) is 17.7 Å². The van der Waals surface area contributed by atoms with Crippen molar-refractivity contribution in [1.82, 2.24) is 9.13 Å². The summed E-state index contributed by atoms with van der Waals surface area (Å²) in [5.41, 5.74) is 28.1. The molecule has 0 radical (unpaired) electrons. The average molecular weight is 991 g/mol. The van der Waals surface area contributed by atoms with Gasteiger partial charge in [0.1, 0.15) is 0 Å².